The van der Waals surface area contributed by atoms with Gasteiger partial charge in [0, 0.05) is 46.0 Å². The van der Waals surface area contributed by atoms with Gasteiger partial charge in [0.2, 0.25) is 5.91 Å². The number of hydrogen-bond acceptors (Lipinski definition) is 5. The van der Waals surface area contributed by atoms with Crippen LogP contribution in [0.5, 0.6) is 0 Å². The van der Waals surface area contributed by atoms with Crippen molar-refractivity contribution in [2.45, 2.75) is 44.2 Å². The largest absolute Gasteiger partial charge is 0.481 e. The fourth-order valence-electron chi connectivity index (χ4n) is 4.93. The van der Waals surface area contributed by atoms with Crippen LogP contribution in [0.1, 0.15) is 49.3 Å². The molecule has 1 saturated heterocycles. The van der Waals surface area contributed by atoms with Crippen LogP contribution in [-0.4, -0.2) is 39.5 Å². The number of carboxylic acids is 1. The Bertz CT molecular complexity index is 1160. The molecular weight excluding hydrogens is 505 g/mol. The van der Waals surface area contributed by atoms with Crippen molar-refractivity contribution in [3.8, 4) is 0 Å². The van der Waals surface area contributed by atoms with Gasteiger partial charge >= 0.3 is 5.97 Å². The van der Waals surface area contributed by atoms with Gasteiger partial charge in [-0.05, 0) is 48.2 Å². The number of carboxylic acid groups (broad SMARTS) is 1. The van der Waals surface area contributed by atoms with E-state index in [0.29, 0.717) is 29.4 Å². The first kappa shape index (κ1) is 25.5. The molecule has 2 aromatic carbocycles. The molecule has 1 aliphatic rings. The number of nitrogens with one attached hydrogen (secondary N) is 1. The number of thiazole rings is 1. The van der Waals surface area contributed by atoms with Crippen LogP contribution in [0.15, 0.2) is 60.1 Å². The van der Waals surface area contributed by atoms with Gasteiger partial charge in [0.25, 0.3) is 0 Å². The first-order chi connectivity index (χ1) is 16.9. The molecule has 0 saturated carbocycles. The minimum Gasteiger partial charge on any atom is -0.481 e. The number of halogens is 2. The van der Waals surface area contributed by atoms with Crippen molar-refractivity contribution in [3.05, 3.63) is 81.3 Å². The molecule has 1 aromatic heterocycles. The summed E-state index contributed by atoms with van der Waals surface area (Å²) in [5.41, 5.74) is 1.93. The van der Waals surface area contributed by atoms with Crippen LogP contribution in [0, 0.1) is 5.92 Å². The van der Waals surface area contributed by atoms with Gasteiger partial charge in [0.05, 0.1) is 12.5 Å². The summed E-state index contributed by atoms with van der Waals surface area (Å²) in [5.74, 6) is -1.88. The summed E-state index contributed by atoms with van der Waals surface area (Å²) in [6, 6.07) is 14.7. The van der Waals surface area contributed by atoms with E-state index in [9.17, 15) is 14.7 Å². The van der Waals surface area contributed by atoms with E-state index >= 15 is 0 Å². The first-order valence-corrected chi connectivity index (χ1v) is 13.2. The SMILES string of the molecule is CCC(CNc1nccs1)N1C(=O)[C@@H](CC(=O)O)C[C@H](c2cccc(Cl)c2)[C@H]1c1ccc(Cl)cc1. The number of anilines is 1. The zero-order valence-electron chi connectivity index (χ0n) is 19.2. The molecule has 0 aliphatic carbocycles. The van der Waals surface area contributed by atoms with Gasteiger partial charge in [-0.15, -0.1) is 11.3 Å². The number of amides is 1. The topological polar surface area (TPSA) is 82.5 Å². The summed E-state index contributed by atoms with van der Waals surface area (Å²) in [4.78, 5) is 31.8. The lowest BCUT2D eigenvalue weighted by atomic mass is 9.74. The number of piperidine rings is 1. The molecule has 1 amide bonds. The van der Waals surface area contributed by atoms with Crippen molar-refractivity contribution in [1.82, 2.24) is 9.88 Å². The Kier molecular flexibility index (Phi) is 8.31. The van der Waals surface area contributed by atoms with Gasteiger partial charge < -0.3 is 15.3 Å². The number of nitrogens with zero attached hydrogens (tertiary/aromatic N) is 2. The molecule has 0 bridgehead atoms. The highest BCUT2D eigenvalue weighted by Crippen LogP contribution is 2.47. The van der Waals surface area contributed by atoms with Crippen molar-refractivity contribution in [1.29, 1.82) is 0 Å². The third kappa shape index (κ3) is 5.97. The third-order valence-corrected chi connectivity index (χ3v) is 7.74. The minimum absolute atomic E-state index is 0.133. The normalized spacial score (nSPS) is 21.1. The molecule has 1 unspecified atom stereocenters. The lowest BCUT2D eigenvalue weighted by Gasteiger charge is -2.48. The fraction of sp³-hybridized carbons (Fsp3) is 0.346. The Morgan fingerprint density at radius 2 is 1.97 bits per heavy atom. The molecule has 3 aromatic rings. The standard InChI is InChI=1S/C26H27Cl2N3O3S/c1-2-21(15-30-26-29-10-11-35-26)31-24(16-6-8-19(27)9-7-16)22(17-4-3-5-20(28)12-17)13-18(25(31)34)14-23(32)33/h3-12,18,21-22,24H,2,13-15H2,1H3,(H,29,30)(H,32,33)/t18-,21?,22-,24-/m1/s1. The van der Waals surface area contributed by atoms with Crippen LogP contribution < -0.4 is 5.32 Å². The highest BCUT2D eigenvalue weighted by Gasteiger charge is 2.46. The molecule has 0 radical (unpaired) electrons. The average Bonchev–Trinajstić information content (AvgIpc) is 3.35. The van der Waals surface area contributed by atoms with Gasteiger partial charge in [-0.1, -0.05) is 54.4 Å². The highest BCUT2D eigenvalue weighted by atomic mass is 35.5. The highest BCUT2D eigenvalue weighted by molar-refractivity contribution is 7.13. The van der Waals surface area contributed by atoms with Gasteiger partial charge in [0.1, 0.15) is 0 Å². The molecule has 35 heavy (non-hydrogen) atoms. The predicted molar refractivity (Wildman–Crippen MR) is 140 cm³/mol. The van der Waals surface area contributed by atoms with Gasteiger partial charge in [-0.25, -0.2) is 4.98 Å². The Balaban J connectivity index is 1.79. The molecule has 4 rings (SSSR count). The monoisotopic (exact) mass is 531 g/mol. The van der Waals surface area contributed by atoms with Crippen LogP contribution in [0.2, 0.25) is 10.0 Å². The molecule has 1 fully saturated rings. The minimum atomic E-state index is -0.980. The van der Waals surface area contributed by atoms with E-state index in [0.717, 1.165) is 16.3 Å². The number of rotatable bonds is 9. The van der Waals surface area contributed by atoms with Crippen LogP contribution in [-0.2, 0) is 9.59 Å². The van der Waals surface area contributed by atoms with Gasteiger partial charge in [0.15, 0.2) is 5.13 Å². The predicted octanol–water partition coefficient (Wildman–Crippen LogP) is 6.49. The molecule has 0 spiro atoms. The molecule has 4 atom stereocenters. The van der Waals surface area contributed by atoms with Crippen molar-refractivity contribution < 1.29 is 14.7 Å². The number of aliphatic carboxylic acids is 1. The zero-order valence-corrected chi connectivity index (χ0v) is 21.6. The smallest absolute Gasteiger partial charge is 0.304 e. The second-order valence-corrected chi connectivity index (χ2v) is 10.5. The molecular formula is C26H27Cl2N3O3S. The van der Waals surface area contributed by atoms with Crippen molar-refractivity contribution >= 4 is 51.5 Å². The molecule has 2 heterocycles. The van der Waals surface area contributed by atoms with E-state index in [1.807, 2.05) is 65.7 Å². The lowest BCUT2D eigenvalue weighted by molar-refractivity contribution is -0.152. The van der Waals surface area contributed by atoms with E-state index in [1.54, 1.807) is 6.20 Å². The Morgan fingerprint density at radius 3 is 2.60 bits per heavy atom. The number of aromatic nitrogens is 1. The quantitative estimate of drug-likeness (QED) is 0.329. The molecule has 6 nitrogen and oxygen atoms in total. The first-order valence-electron chi connectivity index (χ1n) is 11.6. The Labute approximate surface area is 218 Å². The van der Waals surface area contributed by atoms with Gasteiger partial charge in [-0.3, -0.25) is 9.59 Å². The summed E-state index contributed by atoms with van der Waals surface area (Å²) in [6.07, 6.45) is 2.63. The van der Waals surface area contributed by atoms with E-state index in [-0.39, 0.29) is 30.3 Å². The number of hydrogen-bond donors (Lipinski definition) is 2. The summed E-state index contributed by atoms with van der Waals surface area (Å²) in [7, 11) is 0. The van der Waals surface area contributed by atoms with Crippen LogP contribution in [0.25, 0.3) is 0 Å². The van der Waals surface area contributed by atoms with Crippen LogP contribution >= 0.6 is 34.5 Å². The maximum absolute atomic E-state index is 13.9. The molecule has 2 N–H and O–H groups in total. The number of carbonyl (C=O) groups is 2. The van der Waals surface area contributed by atoms with E-state index < -0.39 is 11.9 Å². The summed E-state index contributed by atoms with van der Waals surface area (Å²) in [5, 5.41) is 16.8. The Hall–Kier alpha value is -2.61. The summed E-state index contributed by atoms with van der Waals surface area (Å²) >= 11 is 14.0. The average molecular weight is 532 g/mol. The van der Waals surface area contributed by atoms with E-state index in [4.69, 9.17) is 23.2 Å². The number of carbonyl (C=O) groups excluding carboxylic acids is 1. The van der Waals surface area contributed by atoms with Crippen molar-refractivity contribution in [2.75, 3.05) is 11.9 Å². The van der Waals surface area contributed by atoms with E-state index in [1.165, 1.54) is 11.3 Å². The van der Waals surface area contributed by atoms with Gasteiger partial charge in [-0.2, -0.15) is 0 Å². The van der Waals surface area contributed by atoms with Crippen molar-refractivity contribution in [3.63, 3.8) is 0 Å². The second kappa shape index (κ2) is 11.4. The third-order valence-electron chi connectivity index (χ3n) is 6.52. The van der Waals surface area contributed by atoms with Crippen LogP contribution in [0.3, 0.4) is 0 Å². The maximum Gasteiger partial charge on any atom is 0.304 e. The number of likely N-dealkylation sites (tertiary alicyclic amines) is 1. The number of benzene rings is 2. The van der Waals surface area contributed by atoms with Crippen LogP contribution in [0.4, 0.5) is 5.13 Å². The fourth-order valence-corrected chi connectivity index (χ4v) is 5.79. The lowest BCUT2D eigenvalue weighted by Crippen LogP contribution is -2.53. The molecule has 9 heteroatoms. The van der Waals surface area contributed by atoms with E-state index in [2.05, 4.69) is 10.3 Å². The summed E-state index contributed by atoms with van der Waals surface area (Å²) < 4.78 is 0. The molecule has 1 aliphatic heterocycles. The zero-order chi connectivity index (χ0) is 24.9. The molecule has 184 valence electrons. The second-order valence-electron chi connectivity index (χ2n) is 8.71. The van der Waals surface area contributed by atoms with Crippen molar-refractivity contribution in [2.24, 2.45) is 5.92 Å². The summed E-state index contributed by atoms with van der Waals surface area (Å²) in [6.45, 7) is 2.54. The maximum atomic E-state index is 13.9. The Morgan fingerprint density at radius 1 is 1.20 bits per heavy atom.